The molecular weight excluding hydrogens is 442 g/mol. The van der Waals surface area contributed by atoms with E-state index < -0.39 is 17.7 Å². The van der Waals surface area contributed by atoms with Crippen LogP contribution in [-0.2, 0) is 16.0 Å². The number of benzene rings is 3. The zero-order valence-corrected chi connectivity index (χ0v) is 19.9. The Kier molecular flexibility index (Phi) is 5.81. The molecule has 2 unspecified atom stereocenters. The third kappa shape index (κ3) is 4.05. The van der Waals surface area contributed by atoms with Gasteiger partial charge in [-0.1, -0.05) is 29.8 Å². The molecule has 0 aromatic heterocycles. The Morgan fingerprint density at radius 2 is 1.77 bits per heavy atom. The predicted octanol–water partition coefficient (Wildman–Crippen LogP) is 5.34. The van der Waals surface area contributed by atoms with E-state index >= 15 is 0 Å². The number of rotatable bonds is 5. The predicted molar refractivity (Wildman–Crippen MR) is 134 cm³/mol. The van der Waals surface area contributed by atoms with Gasteiger partial charge in [-0.25, -0.2) is 0 Å². The fourth-order valence-corrected chi connectivity index (χ4v) is 4.76. The Labute approximate surface area is 204 Å². The third-order valence-electron chi connectivity index (χ3n) is 6.43. The van der Waals surface area contributed by atoms with Crippen molar-refractivity contribution in [3.05, 3.63) is 94.6 Å². The van der Waals surface area contributed by atoms with E-state index in [2.05, 4.69) is 0 Å². The molecule has 35 heavy (non-hydrogen) atoms. The molecule has 6 heteroatoms. The van der Waals surface area contributed by atoms with Crippen molar-refractivity contribution in [2.24, 2.45) is 0 Å². The Balaban J connectivity index is 1.66. The Morgan fingerprint density at radius 1 is 1.06 bits per heavy atom. The minimum Gasteiger partial charge on any atom is -0.507 e. The Morgan fingerprint density at radius 3 is 2.46 bits per heavy atom. The van der Waals surface area contributed by atoms with Crippen LogP contribution in [0.3, 0.4) is 0 Å². The van der Waals surface area contributed by atoms with Crippen molar-refractivity contribution >= 4 is 23.1 Å². The smallest absolute Gasteiger partial charge is 0.300 e. The summed E-state index contributed by atoms with van der Waals surface area (Å²) in [6.45, 7) is 6.38. The summed E-state index contributed by atoms with van der Waals surface area (Å²) in [5.74, 6) is -0.118. The molecule has 0 spiro atoms. The standard InChI is InChI=1S/C29H27NO5/c1-4-34-23-12-7-19(8-13-23)26-25(27(31)20-9-14-24-21(16-20)15-18(3)35-24)28(32)29(33)30(26)22-10-5-17(2)6-11-22/h5-14,16,18,26,31H,4,15H2,1-3H3/b27-25-. The first-order valence-corrected chi connectivity index (χ1v) is 11.8. The maximum atomic E-state index is 13.4. The second-order valence-electron chi connectivity index (χ2n) is 8.96. The van der Waals surface area contributed by atoms with Gasteiger partial charge in [0.15, 0.2) is 0 Å². The summed E-state index contributed by atoms with van der Waals surface area (Å²) in [5.41, 5.74) is 3.84. The van der Waals surface area contributed by atoms with E-state index in [0.717, 1.165) is 23.3 Å². The van der Waals surface area contributed by atoms with Crippen molar-refractivity contribution in [3.8, 4) is 11.5 Å². The molecule has 2 aliphatic rings. The number of nitrogens with zero attached hydrogens (tertiary/aromatic N) is 1. The molecule has 2 heterocycles. The molecule has 0 aliphatic carbocycles. The van der Waals surface area contributed by atoms with E-state index in [1.807, 2.05) is 75.4 Å². The lowest BCUT2D eigenvalue weighted by Gasteiger charge is -2.25. The van der Waals surface area contributed by atoms with Gasteiger partial charge in [-0.15, -0.1) is 0 Å². The molecule has 3 aromatic carbocycles. The van der Waals surface area contributed by atoms with E-state index in [4.69, 9.17) is 9.47 Å². The van der Waals surface area contributed by atoms with Crippen LogP contribution in [0.15, 0.2) is 72.3 Å². The van der Waals surface area contributed by atoms with Crippen LogP contribution in [0.25, 0.3) is 5.76 Å². The van der Waals surface area contributed by atoms with Crippen molar-refractivity contribution in [1.82, 2.24) is 0 Å². The number of aliphatic hydroxyl groups excluding tert-OH is 1. The van der Waals surface area contributed by atoms with Gasteiger partial charge < -0.3 is 14.6 Å². The topological polar surface area (TPSA) is 76.1 Å². The molecule has 5 rings (SSSR count). The van der Waals surface area contributed by atoms with Crippen LogP contribution in [0.2, 0.25) is 0 Å². The lowest BCUT2D eigenvalue weighted by atomic mass is 9.94. The molecule has 6 nitrogen and oxygen atoms in total. The van der Waals surface area contributed by atoms with Crippen LogP contribution < -0.4 is 14.4 Å². The molecule has 2 aliphatic heterocycles. The number of carbonyl (C=O) groups is 2. The van der Waals surface area contributed by atoms with Crippen molar-refractivity contribution in [2.75, 3.05) is 11.5 Å². The van der Waals surface area contributed by atoms with Crippen molar-refractivity contribution in [3.63, 3.8) is 0 Å². The molecule has 0 radical (unpaired) electrons. The number of fused-ring (bicyclic) bond motifs is 1. The van der Waals surface area contributed by atoms with Crippen LogP contribution >= 0.6 is 0 Å². The average molecular weight is 470 g/mol. The van der Waals surface area contributed by atoms with Gasteiger partial charge >= 0.3 is 0 Å². The van der Waals surface area contributed by atoms with E-state index in [0.29, 0.717) is 29.2 Å². The SMILES string of the molecule is CCOc1ccc(C2/C(=C(/O)c3ccc4c(c3)CC(C)O4)C(=O)C(=O)N2c2ccc(C)cc2)cc1. The van der Waals surface area contributed by atoms with Gasteiger partial charge in [0.2, 0.25) is 0 Å². The van der Waals surface area contributed by atoms with Gasteiger partial charge in [-0.05, 0) is 74.4 Å². The molecule has 0 saturated carbocycles. The largest absolute Gasteiger partial charge is 0.507 e. The highest BCUT2D eigenvalue weighted by atomic mass is 16.5. The molecule has 3 aromatic rings. The highest BCUT2D eigenvalue weighted by Crippen LogP contribution is 2.43. The molecule has 1 amide bonds. The summed E-state index contributed by atoms with van der Waals surface area (Å²) in [4.78, 5) is 28.1. The number of carbonyl (C=O) groups excluding carboxylic acids is 2. The number of aliphatic hydroxyl groups is 1. The number of aryl methyl sites for hydroxylation is 1. The van der Waals surface area contributed by atoms with Gasteiger partial charge in [0.25, 0.3) is 11.7 Å². The van der Waals surface area contributed by atoms with Crippen LogP contribution in [0.5, 0.6) is 11.5 Å². The number of ketones is 1. The summed E-state index contributed by atoms with van der Waals surface area (Å²) >= 11 is 0. The number of hydrogen-bond acceptors (Lipinski definition) is 5. The first-order valence-electron chi connectivity index (χ1n) is 11.8. The number of Topliss-reactive ketones (excluding diaryl/α,β-unsaturated/α-hetero) is 1. The Hall–Kier alpha value is -4.06. The second kappa shape index (κ2) is 8.95. The molecular formula is C29H27NO5. The fraction of sp³-hybridized carbons (Fsp3) is 0.241. The Bertz CT molecular complexity index is 1320. The van der Waals surface area contributed by atoms with Crippen LogP contribution in [0.1, 0.15) is 42.1 Å². The van der Waals surface area contributed by atoms with Crippen LogP contribution in [0, 0.1) is 6.92 Å². The number of amides is 1. The molecule has 1 N–H and O–H groups in total. The summed E-state index contributed by atoms with van der Waals surface area (Å²) in [6.07, 6.45) is 0.773. The van der Waals surface area contributed by atoms with Crippen molar-refractivity contribution < 1.29 is 24.2 Å². The minimum absolute atomic E-state index is 0.0540. The molecule has 2 atom stereocenters. The fourth-order valence-electron chi connectivity index (χ4n) is 4.76. The summed E-state index contributed by atoms with van der Waals surface area (Å²) < 4.78 is 11.3. The van der Waals surface area contributed by atoms with E-state index in [1.54, 1.807) is 12.1 Å². The average Bonchev–Trinajstić information content (AvgIpc) is 3.35. The summed E-state index contributed by atoms with van der Waals surface area (Å²) in [7, 11) is 0. The highest BCUT2D eigenvalue weighted by Gasteiger charge is 2.47. The number of ether oxygens (including phenoxy) is 2. The van der Waals surface area contributed by atoms with Crippen LogP contribution in [-0.4, -0.2) is 29.5 Å². The maximum absolute atomic E-state index is 13.4. The first kappa shape index (κ1) is 22.7. The van der Waals surface area contributed by atoms with E-state index in [-0.39, 0.29) is 17.4 Å². The zero-order valence-electron chi connectivity index (χ0n) is 19.9. The maximum Gasteiger partial charge on any atom is 0.300 e. The van der Waals surface area contributed by atoms with Gasteiger partial charge in [-0.2, -0.15) is 0 Å². The normalized spacial score (nSPS) is 20.6. The number of anilines is 1. The van der Waals surface area contributed by atoms with Crippen molar-refractivity contribution in [2.45, 2.75) is 39.3 Å². The quantitative estimate of drug-likeness (QED) is 0.310. The van der Waals surface area contributed by atoms with E-state index in [9.17, 15) is 14.7 Å². The third-order valence-corrected chi connectivity index (χ3v) is 6.43. The van der Waals surface area contributed by atoms with Gasteiger partial charge in [0.1, 0.15) is 23.4 Å². The van der Waals surface area contributed by atoms with E-state index in [1.165, 1.54) is 4.90 Å². The van der Waals surface area contributed by atoms with Gasteiger partial charge in [-0.3, -0.25) is 14.5 Å². The first-order chi connectivity index (χ1) is 16.9. The summed E-state index contributed by atoms with van der Waals surface area (Å²) in [6, 6.07) is 19.3. The van der Waals surface area contributed by atoms with Gasteiger partial charge in [0.05, 0.1) is 18.2 Å². The van der Waals surface area contributed by atoms with Crippen molar-refractivity contribution in [1.29, 1.82) is 0 Å². The second-order valence-corrected chi connectivity index (χ2v) is 8.96. The molecule has 178 valence electrons. The molecule has 1 fully saturated rings. The lowest BCUT2D eigenvalue weighted by Crippen LogP contribution is -2.29. The lowest BCUT2D eigenvalue weighted by molar-refractivity contribution is -0.132. The monoisotopic (exact) mass is 469 g/mol. The van der Waals surface area contributed by atoms with Gasteiger partial charge in [0, 0.05) is 17.7 Å². The highest BCUT2D eigenvalue weighted by molar-refractivity contribution is 6.51. The minimum atomic E-state index is -0.781. The summed E-state index contributed by atoms with van der Waals surface area (Å²) in [5, 5.41) is 11.4. The zero-order chi connectivity index (χ0) is 24.7. The van der Waals surface area contributed by atoms with Crippen LogP contribution in [0.4, 0.5) is 5.69 Å². The molecule has 0 bridgehead atoms. The molecule has 1 saturated heterocycles. The number of hydrogen-bond donors (Lipinski definition) is 1.